The summed E-state index contributed by atoms with van der Waals surface area (Å²) in [5, 5.41) is 3.12. The van der Waals surface area contributed by atoms with Crippen LogP contribution in [0.15, 0.2) is 49.2 Å². The number of hydrogen-bond donors (Lipinski definition) is 2. The Morgan fingerprint density at radius 2 is 1.63 bits per heavy atom. The summed E-state index contributed by atoms with van der Waals surface area (Å²) in [5.41, 5.74) is 1.57. The highest BCUT2D eigenvalue weighted by atomic mass is 35.5. The van der Waals surface area contributed by atoms with Crippen LogP contribution in [0.1, 0.15) is 20.8 Å². The SMILES string of the molecule is C=CC(=O)Nc1ccc(C(=O)N2CCN(C(=O)c3cc(Cl)c[nH]3)CC2)cc1. The number of aromatic amines is 1. The van der Waals surface area contributed by atoms with Gasteiger partial charge in [0.25, 0.3) is 11.8 Å². The average Bonchev–Trinajstić information content (AvgIpc) is 3.14. The molecule has 1 saturated heterocycles. The highest BCUT2D eigenvalue weighted by Gasteiger charge is 2.26. The van der Waals surface area contributed by atoms with Gasteiger partial charge in [0.1, 0.15) is 5.69 Å². The number of nitrogens with one attached hydrogen (secondary N) is 2. The molecule has 0 bridgehead atoms. The summed E-state index contributed by atoms with van der Waals surface area (Å²) in [6.45, 7) is 5.20. The molecular weight excluding hydrogens is 368 g/mol. The Balaban J connectivity index is 1.57. The molecule has 0 aliphatic carbocycles. The number of carbonyl (C=O) groups excluding carboxylic acids is 3. The molecular formula is C19H19ClN4O3. The number of amides is 3. The molecule has 7 nitrogen and oxygen atoms in total. The van der Waals surface area contributed by atoms with Crippen molar-refractivity contribution in [3.8, 4) is 0 Å². The largest absolute Gasteiger partial charge is 0.356 e. The minimum absolute atomic E-state index is 0.105. The number of nitrogens with zero attached hydrogens (tertiary/aromatic N) is 2. The molecule has 1 aliphatic heterocycles. The molecule has 1 aromatic carbocycles. The highest BCUT2D eigenvalue weighted by molar-refractivity contribution is 6.30. The summed E-state index contributed by atoms with van der Waals surface area (Å²) < 4.78 is 0. The summed E-state index contributed by atoms with van der Waals surface area (Å²) in [6, 6.07) is 8.26. The second-order valence-electron chi connectivity index (χ2n) is 6.09. The normalized spacial score (nSPS) is 14.0. The number of piperazine rings is 1. The van der Waals surface area contributed by atoms with Crippen molar-refractivity contribution in [1.29, 1.82) is 0 Å². The second-order valence-corrected chi connectivity index (χ2v) is 6.52. The number of rotatable bonds is 4. The Labute approximate surface area is 161 Å². The predicted molar refractivity (Wildman–Crippen MR) is 103 cm³/mol. The topological polar surface area (TPSA) is 85.5 Å². The first kappa shape index (κ1) is 18.7. The van der Waals surface area contributed by atoms with E-state index in [0.29, 0.717) is 48.1 Å². The molecule has 0 radical (unpaired) electrons. The van der Waals surface area contributed by atoms with Gasteiger partial charge in [-0.1, -0.05) is 18.2 Å². The Kier molecular flexibility index (Phi) is 5.61. The van der Waals surface area contributed by atoms with E-state index in [2.05, 4.69) is 16.9 Å². The maximum Gasteiger partial charge on any atom is 0.270 e. The Hall–Kier alpha value is -3.06. The van der Waals surface area contributed by atoms with Crippen LogP contribution < -0.4 is 5.32 Å². The molecule has 0 spiro atoms. The van der Waals surface area contributed by atoms with Gasteiger partial charge in [-0.25, -0.2) is 0 Å². The van der Waals surface area contributed by atoms with Crippen LogP contribution in [0.25, 0.3) is 0 Å². The third-order valence-corrected chi connectivity index (χ3v) is 4.54. The van der Waals surface area contributed by atoms with E-state index in [4.69, 9.17) is 11.6 Å². The summed E-state index contributed by atoms with van der Waals surface area (Å²) in [5.74, 6) is -0.541. The van der Waals surface area contributed by atoms with Crippen molar-refractivity contribution >= 4 is 35.0 Å². The quantitative estimate of drug-likeness (QED) is 0.791. The van der Waals surface area contributed by atoms with Crippen LogP contribution >= 0.6 is 11.6 Å². The molecule has 1 fully saturated rings. The third-order valence-electron chi connectivity index (χ3n) is 4.32. The zero-order chi connectivity index (χ0) is 19.4. The van der Waals surface area contributed by atoms with Gasteiger partial charge in [0.15, 0.2) is 0 Å². The second kappa shape index (κ2) is 8.09. The third kappa shape index (κ3) is 4.38. The molecule has 27 heavy (non-hydrogen) atoms. The van der Waals surface area contributed by atoms with E-state index in [0.717, 1.165) is 0 Å². The van der Waals surface area contributed by atoms with Crippen LogP contribution in [0, 0.1) is 0 Å². The van der Waals surface area contributed by atoms with Gasteiger partial charge in [0.05, 0.1) is 5.02 Å². The number of H-pyrrole nitrogens is 1. The zero-order valence-corrected chi connectivity index (χ0v) is 15.3. The fraction of sp³-hybridized carbons (Fsp3) is 0.211. The number of hydrogen-bond acceptors (Lipinski definition) is 3. The Morgan fingerprint density at radius 1 is 1.04 bits per heavy atom. The van der Waals surface area contributed by atoms with Crippen molar-refractivity contribution in [2.75, 3.05) is 31.5 Å². The summed E-state index contributed by atoms with van der Waals surface area (Å²) in [6.07, 6.45) is 2.75. The van der Waals surface area contributed by atoms with Crippen LogP contribution in [-0.2, 0) is 4.79 Å². The lowest BCUT2D eigenvalue weighted by Crippen LogP contribution is -2.50. The maximum atomic E-state index is 12.6. The fourth-order valence-electron chi connectivity index (χ4n) is 2.85. The number of carbonyl (C=O) groups is 3. The van der Waals surface area contributed by atoms with E-state index in [1.165, 1.54) is 6.08 Å². The van der Waals surface area contributed by atoms with E-state index in [9.17, 15) is 14.4 Å². The number of aromatic nitrogens is 1. The van der Waals surface area contributed by atoms with Crippen LogP contribution in [0.2, 0.25) is 5.02 Å². The zero-order valence-electron chi connectivity index (χ0n) is 14.6. The monoisotopic (exact) mass is 386 g/mol. The maximum absolute atomic E-state index is 12.6. The van der Waals surface area contributed by atoms with Crippen molar-refractivity contribution < 1.29 is 14.4 Å². The Bertz CT molecular complexity index is 867. The molecule has 1 aromatic heterocycles. The fourth-order valence-corrected chi connectivity index (χ4v) is 3.01. The van der Waals surface area contributed by atoms with E-state index in [-0.39, 0.29) is 17.7 Å². The van der Waals surface area contributed by atoms with Gasteiger partial charge in [-0.05, 0) is 36.4 Å². The molecule has 3 rings (SSSR count). The number of anilines is 1. The van der Waals surface area contributed by atoms with Gasteiger partial charge >= 0.3 is 0 Å². The first-order valence-electron chi connectivity index (χ1n) is 8.44. The summed E-state index contributed by atoms with van der Waals surface area (Å²) in [7, 11) is 0. The van der Waals surface area contributed by atoms with Gasteiger partial charge in [-0.2, -0.15) is 0 Å². The minimum atomic E-state index is -0.307. The molecule has 2 heterocycles. The van der Waals surface area contributed by atoms with Crippen LogP contribution in [0.5, 0.6) is 0 Å². The van der Waals surface area contributed by atoms with Crippen LogP contribution in [-0.4, -0.2) is 58.7 Å². The standard InChI is InChI=1S/C19H19ClN4O3/c1-2-17(25)22-15-5-3-13(4-6-15)18(26)23-7-9-24(10-8-23)19(27)16-11-14(20)12-21-16/h2-6,11-12,21H,1,7-10H2,(H,22,25). The highest BCUT2D eigenvalue weighted by Crippen LogP contribution is 2.16. The molecule has 2 aromatic rings. The van der Waals surface area contributed by atoms with E-state index < -0.39 is 0 Å². The number of halogens is 1. The molecule has 1 aliphatic rings. The molecule has 3 amide bonds. The van der Waals surface area contributed by atoms with Gasteiger partial charge in [0.2, 0.25) is 5.91 Å². The van der Waals surface area contributed by atoms with Crippen LogP contribution in [0.3, 0.4) is 0 Å². The molecule has 8 heteroatoms. The smallest absolute Gasteiger partial charge is 0.270 e. The van der Waals surface area contributed by atoms with Crippen molar-refractivity contribution in [2.45, 2.75) is 0 Å². The first-order valence-corrected chi connectivity index (χ1v) is 8.81. The molecule has 140 valence electrons. The lowest BCUT2D eigenvalue weighted by atomic mass is 10.1. The average molecular weight is 387 g/mol. The van der Waals surface area contributed by atoms with Gasteiger partial charge < -0.3 is 20.1 Å². The van der Waals surface area contributed by atoms with Gasteiger partial charge in [-0.3, -0.25) is 14.4 Å². The number of benzene rings is 1. The van der Waals surface area contributed by atoms with Gasteiger partial charge in [0, 0.05) is 43.6 Å². The van der Waals surface area contributed by atoms with E-state index in [1.807, 2.05) is 0 Å². The molecule has 0 atom stereocenters. The molecule has 2 N–H and O–H groups in total. The molecule has 0 unspecified atom stereocenters. The summed E-state index contributed by atoms with van der Waals surface area (Å²) >= 11 is 5.84. The van der Waals surface area contributed by atoms with E-state index >= 15 is 0 Å². The van der Waals surface area contributed by atoms with Crippen molar-refractivity contribution in [3.05, 3.63) is 65.5 Å². The van der Waals surface area contributed by atoms with E-state index in [1.54, 1.807) is 46.3 Å². The van der Waals surface area contributed by atoms with Crippen LogP contribution in [0.4, 0.5) is 5.69 Å². The summed E-state index contributed by atoms with van der Waals surface area (Å²) in [4.78, 5) is 42.6. The van der Waals surface area contributed by atoms with Crippen molar-refractivity contribution in [2.24, 2.45) is 0 Å². The van der Waals surface area contributed by atoms with Gasteiger partial charge in [-0.15, -0.1) is 0 Å². The van der Waals surface area contributed by atoms with Crippen molar-refractivity contribution in [3.63, 3.8) is 0 Å². The lowest BCUT2D eigenvalue weighted by Gasteiger charge is -2.34. The van der Waals surface area contributed by atoms with Crippen molar-refractivity contribution in [1.82, 2.24) is 14.8 Å². The minimum Gasteiger partial charge on any atom is -0.356 e. The first-order chi connectivity index (χ1) is 13.0. The predicted octanol–water partition coefficient (Wildman–Crippen LogP) is 2.39. The Morgan fingerprint density at radius 3 is 2.15 bits per heavy atom. The molecule has 0 saturated carbocycles. The lowest BCUT2D eigenvalue weighted by molar-refractivity contribution is -0.111.